The molecule has 0 aromatic heterocycles. The number of nitrogens with one attached hydrogen (secondary N) is 1. The number of hydrogen-bond donors (Lipinski definition) is 2. The first-order valence-electron chi connectivity index (χ1n) is 6.57. The summed E-state index contributed by atoms with van der Waals surface area (Å²) in [5.41, 5.74) is 8.72. The van der Waals surface area contributed by atoms with E-state index in [1.807, 2.05) is 0 Å². The van der Waals surface area contributed by atoms with Crippen molar-refractivity contribution in [2.75, 3.05) is 0 Å². The average Bonchev–Trinajstić information content (AvgIpc) is 2.38. The minimum Gasteiger partial charge on any atom is -0.480 e. The summed E-state index contributed by atoms with van der Waals surface area (Å²) >= 11 is 0. The molecule has 8 heteroatoms. The zero-order chi connectivity index (χ0) is 16.8. The lowest BCUT2D eigenvalue weighted by Gasteiger charge is -2.22. The molecule has 0 bridgehead atoms. The first-order valence-corrected chi connectivity index (χ1v) is 6.57. The molecular formula is C14H18N4O4. The van der Waals surface area contributed by atoms with Crippen LogP contribution in [0.3, 0.4) is 0 Å². The monoisotopic (exact) mass is 306 g/mol. The second-order valence-corrected chi connectivity index (χ2v) is 5.60. The van der Waals surface area contributed by atoms with E-state index in [1.165, 1.54) is 0 Å². The molecular weight excluding hydrogens is 288 g/mol. The number of ether oxygens (including phenoxy) is 1. The minimum absolute atomic E-state index is 0.0884. The van der Waals surface area contributed by atoms with Crippen LogP contribution in [0.4, 0.5) is 10.5 Å². The molecule has 2 N–H and O–H groups in total. The van der Waals surface area contributed by atoms with Gasteiger partial charge in [-0.2, -0.15) is 0 Å². The van der Waals surface area contributed by atoms with Gasteiger partial charge in [-0.3, -0.25) is 0 Å². The van der Waals surface area contributed by atoms with Crippen LogP contribution in [0, 0.1) is 0 Å². The molecule has 0 radical (unpaired) electrons. The fourth-order valence-corrected chi connectivity index (χ4v) is 1.64. The molecule has 1 aromatic carbocycles. The minimum atomic E-state index is -1.16. The van der Waals surface area contributed by atoms with Gasteiger partial charge in [0.25, 0.3) is 0 Å². The zero-order valence-electron chi connectivity index (χ0n) is 12.6. The van der Waals surface area contributed by atoms with Gasteiger partial charge in [0.2, 0.25) is 0 Å². The van der Waals surface area contributed by atoms with Gasteiger partial charge in [-0.1, -0.05) is 29.4 Å². The zero-order valence-corrected chi connectivity index (χ0v) is 12.6. The quantitative estimate of drug-likeness (QED) is 0.492. The molecule has 0 spiro atoms. The van der Waals surface area contributed by atoms with E-state index in [0.29, 0.717) is 11.3 Å². The largest absolute Gasteiger partial charge is 0.480 e. The van der Waals surface area contributed by atoms with Crippen LogP contribution in [-0.2, 0) is 16.0 Å². The highest BCUT2D eigenvalue weighted by molar-refractivity contribution is 5.80. The van der Waals surface area contributed by atoms with Crippen molar-refractivity contribution in [2.45, 2.75) is 38.8 Å². The van der Waals surface area contributed by atoms with Gasteiger partial charge in [0.1, 0.15) is 11.6 Å². The highest BCUT2D eigenvalue weighted by Crippen LogP contribution is 2.14. The summed E-state index contributed by atoms with van der Waals surface area (Å²) in [5.74, 6) is -1.16. The van der Waals surface area contributed by atoms with Crippen molar-refractivity contribution < 1.29 is 19.4 Å². The smallest absolute Gasteiger partial charge is 0.408 e. The number of amides is 1. The fraction of sp³-hybridized carbons (Fsp3) is 0.429. The topological polar surface area (TPSA) is 124 Å². The van der Waals surface area contributed by atoms with E-state index in [4.69, 9.17) is 10.3 Å². The first-order chi connectivity index (χ1) is 10.2. The van der Waals surface area contributed by atoms with Gasteiger partial charge in [-0.15, -0.1) is 0 Å². The fourth-order valence-electron chi connectivity index (χ4n) is 1.64. The number of benzene rings is 1. The summed E-state index contributed by atoms with van der Waals surface area (Å²) in [6.45, 7) is 5.07. The molecule has 1 rings (SSSR count). The number of carbonyl (C=O) groups excluding carboxylic acids is 1. The molecule has 1 aromatic rings. The van der Waals surface area contributed by atoms with Crippen LogP contribution in [0.15, 0.2) is 29.4 Å². The number of carboxylic acids is 1. The van der Waals surface area contributed by atoms with Crippen LogP contribution in [0.1, 0.15) is 26.3 Å². The molecule has 1 amide bonds. The third-order valence-corrected chi connectivity index (χ3v) is 2.53. The summed E-state index contributed by atoms with van der Waals surface area (Å²) in [6.07, 6.45) is -0.698. The average molecular weight is 306 g/mol. The normalized spacial score (nSPS) is 12.0. The Kier molecular flexibility index (Phi) is 5.77. The van der Waals surface area contributed by atoms with Crippen molar-refractivity contribution in [3.8, 4) is 0 Å². The summed E-state index contributed by atoms with van der Waals surface area (Å²) in [5, 5.41) is 14.9. The highest BCUT2D eigenvalue weighted by Gasteiger charge is 2.24. The maximum Gasteiger partial charge on any atom is 0.408 e. The van der Waals surface area contributed by atoms with Crippen molar-refractivity contribution in [3.63, 3.8) is 0 Å². The number of carboxylic acid groups (broad SMARTS) is 1. The second kappa shape index (κ2) is 7.33. The number of aliphatic carboxylic acids is 1. The Hall–Kier alpha value is -2.73. The van der Waals surface area contributed by atoms with Crippen LogP contribution in [0.5, 0.6) is 0 Å². The summed E-state index contributed by atoms with van der Waals surface area (Å²) in [7, 11) is 0. The summed E-state index contributed by atoms with van der Waals surface area (Å²) < 4.78 is 5.04. The Morgan fingerprint density at radius 3 is 2.41 bits per heavy atom. The van der Waals surface area contributed by atoms with Crippen molar-refractivity contribution >= 4 is 17.7 Å². The SMILES string of the molecule is CC(C)(C)OC(=O)NC(Cc1ccc(N=[N+]=[N-])cc1)C(=O)O. The maximum absolute atomic E-state index is 11.7. The first kappa shape index (κ1) is 17.3. The Bertz CT molecular complexity index is 586. The molecule has 118 valence electrons. The van der Waals surface area contributed by atoms with Gasteiger partial charge < -0.3 is 15.2 Å². The van der Waals surface area contributed by atoms with Gasteiger partial charge in [0.15, 0.2) is 0 Å². The van der Waals surface area contributed by atoms with E-state index in [0.717, 1.165) is 0 Å². The molecule has 1 unspecified atom stereocenters. The van der Waals surface area contributed by atoms with Gasteiger partial charge in [0, 0.05) is 17.0 Å². The van der Waals surface area contributed by atoms with E-state index < -0.39 is 23.7 Å². The number of nitrogens with zero attached hydrogens (tertiary/aromatic N) is 3. The van der Waals surface area contributed by atoms with Gasteiger partial charge >= 0.3 is 12.1 Å². The molecule has 0 fully saturated rings. The predicted molar refractivity (Wildman–Crippen MR) is 79.7 cm³/mol. The number of hydrogen-bond acceptors (Lipinski definition) is 4. The lowest BCUT2D eigenvalue weighted by molar-refractivity contribution is -0.139. The molecule has 22 heavy (non-hydrogen) atoms. The molecule has 0 heterocycles. The lowest BCUT2D eigenvalue weighted by Crippen LogP contribution is -2.44. The van der Waals surface area contributed by atoms with E-state index >= 15 is 0 Å². The van der Waals surface area contributed by atoms with Crippen molar-refractivity contribution in [3.05, 3.63) is 40.3 Å². The van der Waals surface area contributed by atoms with Gasteiger partial charge in [0.05, 0.1) is 0 Å². The van der Waals surface area contributed by atoms with Crippen molar-refractivity contribution in [1.29, 1.82) is 0 Å². The second-order valence-electron chi connectivity index (χ2n) is 5.60. The molecule has 1 atom stereocenters. The Balaban J connectivity index is 2.74. The Morgan fingerprint density at radius 1 is 1.36 bits per heavy atom. The molecule has 8 nitrogen and oxygen atoms in total. The number of azide groups is 1. The Morgan fingerprint density at radius 2 is 1.95 bits per heavy atom. The van der Waals surface area contributed by atoms with Crippen LogP contribution >= 0.6 is 0 Å². The van der Waals surface area contributed by atoms with E-state index in [-0.39, 0.29) is 6.42 Å². The molecule has 0 aliphatic rings. The highest BCUT2D eigenvalue weighted by atomic mass is 16.6. The standard InChI is InChI=1S/C14H18N4O4/c1-14(2,3)22-13(21)16-11(12(19)20)8-9-4-6-10(7-5-9)17-18-15/h4-7,11H,8H2,1-3H3,(H,16,21)(H,19,20). The molecule has 0 saturated heterocycles. The third kappa shape index (κ3) is 6.15. The van der Waals surface area contributed by atoms with E-state index in [9.17, 15) is 14.7 Å². The lowest BCUT2D eigenvalue weighted by atomic mass is 10.1. The third-order valence-electron chi connectivity index (χ3n) is 2.53. The summed E-state index contributed by atoms with van der Waals surface area (Å²) in [6, 6.07) is 5.30. The van der Waals surface area contributed by atoms with E-state index in [2.05, 4.69) is 15.3 Å². The van der Waals surface area contributed by atoms with Crippen LogP contribution < -0.4 is 5.32 Å². The number of carbonyl (C=O) groups is 2. The van der Waals surface area contributed by atoms with Crippen molar-refractivity contribution in [1.82, 2.24) is 5.32 Å². The van der Waals surface area contributed by atoms with Crippen LogP contribution in [0.25, 0.3) is 10.4 Å². The molecule has 0 saturated carbocycles. The van der Waals surface area contributed by atoms with Gasteiger partial charge in [-0.05, 0) is 31.9 Å². The number of alkyl carbamates (subject to hydrolysis) is 1. The molecule has 0 aliphatic carbocycles. The Labute approximate surface area is 127 Å². The van der Waals surface area contributed by atoms with E-state index in [1.54, 1.807) is 45.0 Å². The maximum atomic E-state index is 11.7. The molecule has 0 aliphatic heterocycles. The van der Waals surface area contributed by atoms with Gasteiger partial charge in [-0.25, -0.2) is 9.59 Å². The number of rotatable bonds is 5. The van der Waals surface area contributed by atoms with Crippen molar-refractivity contribution in [2.24, 2.45) is 5.11 Å². The predicted octanol–water partition coefficient (Wildman–Crippen LogP) is 3.15. The summed E-state index contributed by atoms with van der Waals surface area (Å²) in [4.78, 5) is 25.5. The van der Waals surface area contributed by atoms with Crippen LogP contribution in [-0.4, -0.2) is 28.8 Å². The van der Waals surface area contributed by atoms with Crippen LogP contribution in [0.2, 0.25) is 0 Å².